The van der Waals surface area contributed by atoms with Crippen LogP contribution < -0.4 is 10.1 Å². The molecular formula is C28H29ClFN5O5. The summed E-state index contributed by atoms with van der Waals surface area (Å²) in [6.45, 7) is 0.606. The van der Waals surface area contributed by atoms with Crippen LogP contribution in [0.25, 0.3) is 11.3 Å². The highest BCUT2D eigenvalue weighted by atomic mass is 35.5. The third-order valence-electron chi connectivity index (χ3n) is 7.11. The minimum atomic E-state index is -0.804. The number of aliphatic hydroxyl groups is 1. The summed E-state index contributed by atoms with van der Waals surface area (Å²) in [4.78, 5) is 40.5. The maximum atomic E-state index is 15.3. The molecule has 2 aromatic heterocycles. The second kappa shape index (κ2) is 12.2. The van der Waals surface area contributed by atoms with Gasteiger partial charge in [0.2, 0.25) is 11.8 Å². The van der Waals surface area contributed by atoms with Crippen LogP contribution in [-0.2, 0) is 22.5 Å². The first-order chi connectivity index (χ1) is 19.4. The highest BCUT2D eigenvalue weighted by Crippen LogP contribution is 2.33. The number of fused-ring (bicyclic) bond motifs is 1. The molecule has 1 aromatic carbocycles. The number of methoxy groups -OCH3 is 1. The number of carbonyl (C=O) groups excluding carboxylic acids is 2. The lowest BCUT2D eigenvalue weighted by Crippen LogP contribution is -2.40. The fourth-order valence-corrected chi connectivity index (χ4v) is 5.16. The van der Waals surface area contributed by atoms with E-state index >= 15 is 4.39 Å². The van der Waals surface area contributed by atoms with E-state index in [0.717, 1.165) is 12.8 Å². The molecular weight excluding hydrogens is 541 g/mol. The van der Waals surface area contributed by atoms with Gasteiger partial charge in [-0.05, 0) is 37.0 Å². The van der Waals surface area contributed by atoms with Crippen LogP contribution in [0.2, 0.25) is 5.02 Å². The lowest BCUT2D eigenvalue weighted by molar-refractivity contribution is -0.123. The van der Waals surface area contributed by atoms with Crippen LogP contribution in [0, 0.1) is 11.7 Å². The lowest BCUT2D eigenvalue weighted by Gasteiger charge is -2.21. The number of halogens is 2. The second-order valence-corrected chi connectivity index (χ2v) is 10.2. The van der Waals surface area contributed by atoms with Gasteiger partial charge < -0.3 is 24.8 Å². The predicted molar refractivity (Wildman–Crippen MR) is 143 cm³/mol. The number of amides is 2. The van der Waals surface area contributed by atoms with Crippen LogP contribution in [0.1, 0.15) is 46.3 Å². The molecule has 3 aromatic rings. The Morgan fingerprint density at radius 3 is 2.85 bits per heavy atom. The SMILES string of the molecule is COc1cccc([C@@H](CO)NC(=O)CN2Cc3c(F)cc(-c4nc(CC5CCOCC5)ncc4Cl)cc3C2=O)n1. The number of rotatable bonds is 9. The van der Waals surface area contributed by atoms with Gasteiger partial charge in [-0.15, -0.1) is 0 Å². The molecule has 5 rings (SSSR count). The Morgan fingerprint density at radius 2 is 2.10 bits per heavy atom. The van der Waals surface area contributed by atoms with Crippen LogP contribution in [0.3, 0.4) is 0 Å². The van der Waals surface area contributed by atoms with Crippen LogP contribution >= 0.6 is 11.6 Å². The lowest BCUT2D eigenvalue weighted by atomic mass is 9.96. The van der Waals surface area contributed by atoms with E-state index in [-0.39, 0.29) is 29.2 Å². The van der Waals surface area contributed by atoms with Crippen molar-refractivity contribution in [1.82, 2.24) is 25.2 Å². The molecule has 2 N–H and O–H groups in total. The van der Waals surface area contributed by atoms with Gasteiger partial charge in [0, 0.05) is 48.6 Å². The molecule has 10 nitrogen and oxygen atoms in total. The van der Waals surface area contributed by atoms with Gasteiger partial charge >= 0.3 is 0 Å². The van der Waals surface area contributed by atoms with Crippen molar-refractivity contribution < 1.29 is 28.6 Å². The summed E-state index contributed by atoms with van der Waals surface area (Å²) in [6, 6.07) is 7.03. The number of ether oxygens (including phenoxy) is 2. The van der Waals surface area contributed by atoms with Crippen molar-refractivity contribution in [2.24, 2.45) is 5.92 Å². The summed E-state index contributed by atoms with van der Waals surface area (Å²) < 4.78 is 25.8. The van der Waals surface area contributed by atoms with Crippen LogP contribution in [0.15, 0.2) is 36.5 Å². The molecule has 2 aliphatic rings. The second-order valence-electron chi connectivity index (χ2n) is 9.80. The van der Waals surface area contributed by atoms with Gasteiger partial charge in [0.05, 0.1) is 42.7 Å². The zero-order valence-corrected chi connectivity index (χ0v) is 22.7. The van der Waals surface area contributed by atoms with E-state index in [1.54, 1.807) is 24.3 Å². The van der Waals surface area contributed by atoms with E-state index in [9.17, 15) is 14.7 Å². The molecule has 4 heterocycles. The van der Waals surface area contributed by atoms with Crippen molar-refractivity contribution in [3.8, 4) is 17.1 Å². The monoisotopic (exact) mass is 569 g/mol. The number of pyridine rings is 1. The Kier molecular flexibility index (Phi) is 8.53. The fourth-order valence-electron chi connectivity index (χ4n) is 4.96. The van der Waals surface area contributed by atoms with Gasteiger partial charge in [-0.2, -0.15) is 0 Å². The summed E-state index contributed by atoms with van der Waals surface area (Å²) in [5.74, 6) is -0.272. The molecule has 0 radical (unpaired) electrons. The van der Waals surface area contributed by atoms with Crippen molar-refractivity contribution in [1.29, 1.82) is 0 Å². The minimum Gasteiger partial charge on any atom is -0.481 e. The number of benzene rings is 1. The summed E-state index contributed by atoms with van der Waals surface area (Å²) >= 11 is 6.39. The average molecular weight is 570 g/mol. The number of aliphatic hydroxyl groups excluding tert-OH is 1. The van der Waals surface area contributed by atoms with Crippen LogP contribution in [0.4, 0.5) is 4.39 Å². The van der Waals surface area contributed by atoms with Gasteiger partial charge in [0.15, 0.2) is 0 Å². The topological polar surface area (TPSA) is 127 Å². The summed E-state index contributed by atoms with van der Waals surface area (Å²) in [5.41, 5.74) is 1.46. The maximum absolute atomic E-state index is 15.3. The molecule has 1 saturated heterocycles. The third kappa shape index (κ3) is 6.06. The van der Waals surface area contributed by atoms with Crippen molar-refractivity contribution in [2.45, 2.75) is 31.8 Å². The Hall–Kier alpha value is -3.67. The fraction of sp³-hybridized carbons (Fsp3) is 0.393. The number of nitrogens with zero attached hydrogens (tertiary/aromatic N) is 4. The molecule has 1 fully saturated rings. The number of hydrogen-bond donors (Lipinski definition) is 2. The van der Waals surface area contributed by atoms with Crippen molar-refractivity contribution in [2.75, 3.05) is 33.5 Å². The van der Waals surface area contributed by atoms with Crippen molar-refractivity contribution >= 4 is 23.4 Å². The summed E-state index contributed by atoms with van der Waals surface area (Å²) in [6.07, 6.45) is 3.99. The number of hydrogen-bond acceptors (Lipinski definition) is 8. The van der Waals surface area contributed by atoms with Crippen molar-refractivity contribution in [3.63, 3.8) is 0 Å². The van der Waals surface area contributed by atoms with Gasteiger partial charge in [0.25, 0.3) is 5.91 Å². The smallest absolute Gasteiger partial charge is 0.255 e. The van der Waals surface area contributed by atoms with Gasteiger partial charge in [0.1, 0.15) is 18.2 Å². The van der Waals surface area contributed by atoms with Gasteiger partial charge in [-0.1, -0.05) is 17.7 Å². The quantitative estimate of drug-likeness (QED) is 0.402. The van der Waals surface area contributed by atoms with E-state index in [4.69, 9.17) is 21.1 Å². The molecule has 2 amide bonds. The molecule has 12 heteroatoms. The molecule has 210 valence electrons. The molecule has 0 bridgehead atoms. The highest BCUT2D eigenvalue weighted by Gasteiger charge is 2.33. The highest BCUT2D eigenvalue weighted by molar-refractivity contribution is 6.32. The van der Waals surface area contributed by atoms with E-state index < -0.39 is 30.3 Å². The van der Waals surface area contributed by atoms with E-state index in [0.29, 0.717) is 54.2 Å². The van der Waals surface area contributed by atoms with Gasteiger partial charge in [-0.25, -0.2) is 19.3 Å². The maximum Gasteiger partial charge on any atom is 0.255 e. The minimum absolute atomic E-state index is 0.0680. The Balaban J connectivity index is 1.30. The molecule has 0 aliphatic carbocycles. The van der Waals surface area contributed by atoms with Gasteiger partial charge in [-0.3, -0.25) is 9.59 Å². The van der Waals surface area contributed by atoms with Crippen molar-refractivity contribution in [3.05, 3.63) is 70.0 Å². The summed E-state index contributed by atoms with van der Waals surface area (Å²) in [7, 11) is 1.46. The zero-order chi connectivity index (χ0) is 28.2. The van der Waals surface area contributed by atoms with E-state index in [1.807, 2.05) is 0 Å². The first-order valence-corrected chi connectivity index (χ1v) is 13.4. The molecule has 0 saturated carbocycles. The molecule has 0 spiro atoms. The third-order valence-corrected chi connectivity index (χ3v) is 7.38. The largest absolute Gasteiger partial charge is 0.481 e. The normalized spacial score (nSPS) is 16.1. The Bertz CT molecular complexity index is 1420. The van der Waals surface area contributed by atoms with E-state index in [2.05, 4.69) is 20.3 Å². The number of nitrogens with one attached hydrogen (secondary N) is 1. The van der Waals surface area contributed by atoms with Crippen LogP contribution in [0.5, 0.6) is 5.88 Å². The van der Waals surface area contributed by atoms with E-state index in [1.165, 1.54) is 24.3 Å². The Morgan fingerprint density at radius 1 is 1.30 bits per heavy atom. The van der Waals surface area contributed by atoms with Crippen LogP contribution in [-0.4, -0.2) is 70.2 Å². The zero-order valence-electron chi connectivity index (χ0n) is 21.9. The molecule has 0 unspecified atom stereocenters. The summed E-state index contributed by atoms with van der Waals surface area (Å²) in [5, 5.41) is 12.7. The molecule has 40 heavy (non-hydrogen) atoms. The molecule has 1 atom stereocenters. The average Bonchev–Trinajstić information content (AvgIpc) is 3.28. The standard InChI is InChI=1S/C28H29ClFN5O5/c1-39-26-4-2-3-22(33-26)23(15-36)32-25(37)14-35-13-19-18(28(35)38)10-17(11-21(19)30)27-20(29)12-31-24(34-27)9-16-5-7-40-8-6-16/h2-4,10-12,16,23,36H,5-9,13-15H2,1H3,(H,32,37)/t23-/m1/s1. The molecule has 2 aliphatic heterocycles. The Labute approximate surface area is 235 Å². The first kappa shape index (κ1) is 27.9. The first-order valence-electron chi connectivity index (χ1n) is 13.0. The predicted octanol–water partition coefficient (Wildman–Crippen LogP) is 3.11. The number of aromatic nitrogens is 3. The number of carbonyl (C=O) groups is 2.